The lowest BCUT2D eigenvalue weighted by Crippen LogP contribution is -2.20. The number of nitrogens with zero attached hydrogens (tertiary/aromatic N) is 3. The lowest BCUT2D eigenvalue weighted by atomic mass is 10.0. The Kier molecular flexibility index (Phi) is 4.75. The van der Waals surface area contributed by atoms with E-state index in [1.165, 1.54) is 28.0 Å². The summed E-state index contributed by atoms with van der Waals surface area (Å²) in [6.45, 7) is -2.92. The highest BCUT2D eigenvalue weighted by atomic mass is 35.5. The second-order valence-corrected chi connectivity index (χ2v) is 8.66. The molecule has 0 atom stereocenters. The molecule has 2 aromatic carbocycles. The van der Waals surface area contributed by atoms with Gasteiger partial charge in [-0.15, -0.1) is 11.3 Å². The Bertz CT molecular complexity index is 1490. The zero-order valence-corrected chi connectivity index (χ0v) is 17.6. The molecule has 0 aliphatic carbocycles. The summed E-state index contributed by atoms with van der Waals surface area (Å²) in [7, 11) is 1.84. The van der Waals surface area contributed by atoms with Gasteiger partial charge in [0.1, 0.15) is 5.75 Å². The zero-order valence-electron chi connectivity index (χ0n) is 16.1. The first-order chi connectivity index (χ1) is 14.9. The first kappa shape index (κ1) is 19.7. The van der Waals surface area contributed by atoms with Crippen LogP contribution in [0, 0.1) is 0 Å². The Labute approximate surface area is 183 Å². The van der Waals surface area contributed by atoms with Crippen LogP contribution in [-0.2, 0) is 7.05 Å². The van der Waals surface area contributed by atoms with Gasteiger partial charge in [-0.3, -0.25) is 14.0 Å². The number of hydrogen-bond donors (Lipinski definition) is 0. The standard InChI is InChI=1S/C22H14ClF2N3O2S/c1-27-11-13-8-12(2-7-17(13)26-27)16-9-19-18(10-20(23)31-19)28(21(16)29)14-3-5-15(6-4-14)30-22(24)25/h2-11,22H,1H3. The molecule has 0 N–H and O–H groups in total. The molecule has 5 rings (SSSR count). The summed E-state index contributed by atoms with van der Waals surface area (Å²) >= 11 is 7.61. The van der Waals surface area contributed by atoms with Crippen molar-refractivity contribution >= 4 is 44.1 Å². The number of aryl methyl sites for hydroxylation is 1. The second-order valence-electron chi connectivity index (χ2n) is 6.95. The van der Waals surface area contributed by atoms with Crippen molar-refractivity contribution in [2.24, 2.45) is 7.05 Å². The number of hydrogen-bond acceptors (Lipinski definition) is 4. The summed E-state index contributed by atoms with van der Waals surface area (Å²) in [5, 5.41) is 5.29. The van der Waals surface area contributed by atoms with Crippen molar-refractivity contribution in [1.82, 2.24) is 14.3 Å². The van der Waals surface area contributed by atoms with Gasteiger partial charge in [0.15, 0.2) is 0 Å². The maximum atomic E-state index is 13.5. The molecule has 0 aliphatic heterocycles. The molecule has 0 unspecified atom stereocenters. The van der Waals surface area contributed by atoms with Crippen molar-refractivity contribution < 1.29 is 13.5 Å². The minimum Gasteiger partial charge on any atom is -0.435 e. The van der Waals surface area contributed by atoms with Gasteiger partial charge in [-0.2, -0.15) is 13.9 Å². The Balaban J connectivity index is 1.72. The minimum atomic E-state index is -2.92. The average molecular weight is 458 g/mol. The molecule has 0 radical (unpaired) electrons. The fourth-order valence-electron chi connectivity index (χ4n) is 3.62. The van der Waals surface area contributed by atoms with Gasteiger partial charge in [-0.05, 0) is 54.1 Å². The summed E-state index contributed by atoms with van der Waals surface area (Å²) in [4.78, 5) is 13.5. The maximum Gasteiger partial charge on any atom is 0.387 e. The highest BCUT2D eigenvalue weighted by Gasteiger charge is 2.16. The quantitative estimate of drug-likeness (QED) is 0.339. The number of fused-ring (bicyclic) bond motifs is 2. The molecule has 0 aliphatic rings. The molecule has 0 spiro atoms. The summed E-state index contributed by atoms with van der Waals surface area (Å²) in [5.41, 5.74) is 3.02. The molecule has 31 heavy (non-hydrogen) atoms. The SMILES string of the molecule is Cn1cc2cc(-c3cc4sc(Cl)cc4n(-c4ccc(OC(F)F)cc4)c3=O)ccc2n1. The van der Waals surface area contributed by atoms with Crippen LogP contribution < -0.4 is 10.3 Å². The van der Waals surface area contributed by atoms with E-state index in [0.29, 0.717) is 21.1 Å². The normalized spacial score (nSPS) is 11.6. The molecule has 0 bridgehead atoms. The fraction of sp³-hybridized carbons (Fsp3) is 0.0909. The summed E-state index contributed by atoms with van der Waals surface area (Å²) in [6, 6.07) is 15.1. The van der Waals surface area contributed by atoms with Crippen molar-refractivity contribution in [1.29, 1.82) is 0 Å². The van der Waals surface area contributed by atoms with Crippen molar-refractivity contribution in [2.75, 3.05) is 0 Å². The topological polar surface area (TPSA) is 49.0 Å². The van der Waals surface area contributed by atoms with Gasteiger partial charge >= 0.3 is 6.61 Å². The third-order valence-electron chi connectivity index (χ3n) is 4.91. The summed E-state index contributed by atoms with van der Waals surface area (Å²) in [5.74, 6) is 0.0181. The van der Waals surface area contributed by atoms with Crippen LogP contribution in [0.2, 0.25) is 4.34 Å². The Morgan fingerprint density at radius 1 is 1.10 bits per heavy atom. The predicted octanol–water partition coefficient (Wildman–Crippen LogP) is 5.86. The van der Waals surface area contributed by atoms with Crippen molar-refractivity contribution in [2.45, 2.75) is 6.61 Å². The average Bonchev–Trinajstić information content (AvgIpc) is 3.27. The molecular weight excluding hydrogens is 444 g/mol. The summed E-state index contributed by atoms with van der Waals surface area (Å²) < 4.78 is 34.0. The van der Waals surface area contributed by atoms with Gasteiger partial charge in [-0.25, -0.2) is 0 Å². The second kappa shape index (κ2) is 7.47. The van der Waals surface area contributed by atoms with Crippen molar-refractivity contribution in [3.8, 4) is 22.6 Å². The van der Waals surface area contributed by atoms with Gasteiger partial charge in [-0.1, -0.05) is 17.7 Å². The minimum absolute atomic E-state index is 0.0181. The number of alkyl halides is 2. The van der Waals surface area contributed by atoms with Gasteiger partial charge < -0.3 is 4.74 Å². The van der Waals surface area contributed by atoms with E-state index in [0.717, 1.165) is 21.2 Å². The number of aromatic nitrogens is 3. The number of pyridine rings is 1. The third-order valence-corrected chi connectivity index (χ3v) is 6.11. The van der Waals surface area contributed by atoms with Crippen LogP contribution in [0.3, 0.4) is 0 Å². The van der Waals surface area contributed by atoms with E-state index in [4.69, 9.17) is 11.6 Å². The molecule has 0 amide bonds. The van der Waals surface area contributed by atoms with Crippen LogP contribution >= 0.6 is 22.9 Å². The lowest BCUT2D eigenvalue weighted by Gasteiger charge is -2.12. The van der Waals surface area contributed by atoms with Gasteiger partial charge in [0.2, 0.25) is 0 Å². The third kappa shape index (κ3) is 3.58. The first-order valence-corrected chi connectivity index (χ1v) is 10.4. The van der Waals surface area contributed by atoms with Crippen molar-refractivity contribution in [3.05, 3.63) is 75.5 Å². The van der Waals surface area contributed by atoms with E-state index in [1.54, 1.807) is 22.9 Å². The van der Waals surface area contributed by atoms with Gasteiger partial charge in [0.05, 0.1) is 20.1 Å². The Morgan fingerprint density at radius 2 is 1.87 bits per heavy atom. The molecule has 156 valence electrons. The highest BCUT2D eigenvalue weighted by molar-refractivity contribution is 7.22. The molecule has 3 aromatic heterocycles. The largest absolute Gasteiger partial charge is 0.435 e. The van der Waals surface area contributed by atoms with Crippen LogP contribution in [0.25, 0.3) is 37.9 Å². The number of halogens is 3. The molecule has 0 fully saturated rings. The van der Waals surface area contributed by atoms with Gasteiger partial charge in [0, 0.05) is 29.9 Å². The Morgan fingerprint density at radius 3 is 2.61 bits per heavy atom. The van der Waals surface area contributed by atoms with Crippen LogP contribution in [0.1, 0.15) is 0 Å². The van der Waals surface area contributed by atoms with Crippen molar-refractivity contribution in [3.63, 3.8) is 0 Å². The number of ether oxygens (including phenoxy) is 1. The number of benzene rings is 2. The van der Waals surface area contributed by atoms with E-state index in [9.17, 15) is 13.6 Å². The molecule has 0 saturated heterocycles. The summed E-state index contributed by atoms with van der Waals surface area (Å²) in [6.07, 6.45) is 1.89. The molecular formula is C22H14ClF2N3O2S. The molecule has 5 aromatic rings. The monoisotopic (exact) mass is 457 g/mol. The fourth-order valence-corrected chi connectivity index (χ4v) is 4.79. The molecule has 0 saturated carbocycles. The van der Waals surface area contributed by atoms with E-state index in [-0.39, 0.29) is 11.3 Å². The van der Waals surface area contributed by atoms with Crippen LogP contribution in [0.5, 0.6) is 5.75 Å². The smallest absolute Gasteiger partial charge is 0.387 e. The van der Waals surface area contributed by atoms with Crippen LogP contribution in [0.15, 0.2) is 65.6 Å². The zero-order chi connectivity index (χ0) is 21.7. The number of rotatable bonds is 4. The predicted molar refractivity (Wildman–Crippen MR) is 119 cm³/mol. The Hall–Kier alpha value is -3.23. The maximum absolute atomic E-state index is 13.5. The lowest BCUT2D eigenvalue weighted by molar-refractivity contribution is -0.0498. The van der Waals surface area contributed by atoms with E-state index in [1.807, 2.05) is 37.5 Å². The highest BCUT2D eigenvalue weighted by Crippen LogP contribution is 2.33. The van der Waals surface area contributed by atoms with Crippen LogP contribution in [-0.4, -0.2) is 21.0 Å². The molecule has 9 heteroatoms. The van der Waals surface area contributed by atoms with Crippen LogP contribution in [0.4, 0.5) is 8.78 Å². The first-order valence-electron chi connectivity index (χ1n) is 9.23. The van der Waals surface area contributed by atoms with E-state index < -0.39 is 6.61 Å². The molecule has 3 heterocycles. The van der Waals surface area contributed by atoms with E-state index >= 15 is 0 Å². The molecule has 5 nitrogen and oxygen atoms in total. The number of thiophene rings is 1. The van der Waals surface area contributed by atoms with E-state index in [2.05, 4.69) is 9.84 Å². The van der Waals surface area contributed by atoms with Gasteiger partial charge in [0.25, 0.3) is 5.56 Å².